The van der Waals surface area contributed by atoms with E-state index in [4.69, 9.17) is 9.47 Å². The van der Waals surface area contributed by atoms with Gasteiger partial charge in [0.15, 0.2) is 11.6 Å². The Morgan fingerprint density at radius 2 is 2.14 bits per heavy atom. The number of aliphatic hydroxyl groups excluding tert-OH is 1. The minimum Gasteiger partial charge on any atom is -0.491 e. The van der Waals surface area contributed by atoms with E-state index in [1.165, 1.54) is 17.2 Å². The molecule has 1 aromatic heterocycles. The van der Waals surface area contributed by atoms with Crippen molar-refractivity contribution in [3.8, 4) is 5.75 Å². The number of carbonyl (C=O) groups excluding carboxylic acids is 1. The Balaban J connectivity index is 1.82. The Morgan fingerprint density at radius 3 is 2.83 bits per heavy atom. The summed E-state index contributed by atoms with van der Waals surface area (Å²) < 4.78 is 38.6. The Labute approximate surface area is 166 Å². The molecule has 3 atom stereocenters. The largest absolute Gasteiger partial charge is 0.491 e. The fraction of sp³-hybridized carbons (Fsp3) is 0.421. The summed E-state index contributed by atoms with van der Waals surface area (Å²) in [5, 5.41) is 12.8. The SMILES string of the molecule is CCOc1cc(F)c([C@H](C)Nc2nccc(N3C(=O)OC[C@@H]3[C@@H](C)O)n2)cc1F. The zero-order valence-electron chi connectivity index (χ0n) is 16.2. The van der Waals surface area contributed by atoms with Crippen molar-refractivity contribution in [1.29, 1.82) is 0 Å². The van der Waals surface area contributed by atoms with Crippen LogP contribution >= 0.6 is 0 Å². The number of benzene rings is 1. The summed E-state index contributed by atoms with van der Waals surface area (Å²) in [4.78, 5) is 21.6. The number of rotatable bonds is 7. The molecule has 2 heterocycles. The molecule has 1 aliphatic rings. The van der Waals surface area contributed by atoms with E-state index in [2.05, 4.69) is 15.3 Å². The molecule has 0 radical (unpaired) electrons. The lowest BCUT2D eigenvalue weighted by atomic mass is 10.1. The van der Waals surface area contributed by atoms with Crippen LogP contribution in [0, 0.1) is 11.6 Å². The molecule has 0 saturated carbocycles. The number of nitrogens with zero attached hydrogens (tertiary/aromatic N) is 3. The number of aromatic nitrogens is 2. The van der Waals surface area contributed by atoms with Crippen molar-refractivity contribution in [3.63, 3.8) is 0 Å². The van der Waals surface area contributed by atoms with Crippen molar-refractivity contribution in [1.82, 2.24) is 9.97 Å². The fourth-order valence-corrected chi connectivity index (χ4v) is 3.02. The number of aliphatic hydroxyl groups is 1. The Hall–Kier alpha value is -3.01. The quantitative estimate of drug-likeness (QED) is 0.727. The molecule has 0 spiro atoms. The Kier molecular flexibility index (Phi) is 6.12. The van der Waals surface area contributed by atoms with E-state index < -0.39 is 35.9 Å². The highest BCUT2D eigenvalue weighted by Gasteiger charge is 2.38. The number of cyclic esters (lactones) is 1. The van der Waals surface area contributed by atoms with Gasteiger partial charge in [0.1, 0.15) is 24.3 Å². The van der Waals surface area contributed by atoms with Gasteiger partial charge in [-0.2, -0.15) is 4.98 Å². The first-order valence-electron chi connectivity index (χ1n) is 9.17. The van der Waals surface area contributed by atoms with E-state index in [9.17, 15) is 18.7 Å². The predicted octanol–water partition coefficient (Wildman–Crippen LogP) is 3.03. The molecule has 1 aromatic carbocycles. The Morgan fingerprint density at radius 1 is 1.38 bits per heavy atom. The Bertz CT molecular complexity index is 897. The third-order valence-electron chi connectivity index (χ3n) is 4.51. The zero-order chi connectivity index (χ0) is 21.1. The summed E-state index contributed by atoms with van der Waals surface area (Å²) in [6.07, 6.45) is -0.0436. The number of ether oxygens (including phenoxy) is 2. The van der Waals surface area contributed by atoms with Gasteiger partial charge < -0.3 is 19.9 Å². The van der Waals surface area contributed by atoms with E-state index in [0.717, 1.165) is 12.1 Å². The first-order valence-corrected chi connectivity index (χ1v) is 9.17. The highest BCUT2D eigenvalue weighted by atomic mass is 19.1. The van der Waals surface area contributed by atoms with Gasteiger partial charge in [0.2, 0.25) is 5.95 Å². The maximum Gasteiger partial charge on any atom is 0.416 e. The second-order valence-electron chi connectivity index (χ2n) is 6.60. The molecular weight excluding hydrogens is 386 g/mol. The number of hydrogen-bond donors (Lipinski definition) is 2. The van der Waals surface area contributed by atoms with Crippen LogP contribution < -0.4 is 15.0 Å². The lowest BCUT2D eigenvalue weighted by molar-refractivity contribution is 0.142. The van der Waals surface area contributed by atoms with Crippen molar-refractivity contribution in [2.24, 2.45) is 0 Å². The monoisotopic (exact) mass is 408 g/mol. The minimum atomic E-state index is -0.826. The van der Waals surface area contributed by atoms with Crippen LogP contribution in [0.2, 0.25) is 0 Å². The van der Waals surface area contributed by atoms with Crippen LogP contribution in [-0.4, -0.2) is 46.5 Å². The van der Waals surface area contributed by atoms with Crippen LogP contribution in [0.4, 0.5) is 25.3 Å². The number of hydrogen-bond acceptors (Lipinski definition) is 7. The molecule has 8 nitrogen and oxygen atoms in total. The highest BCUT2D eigenvalue weighted by molar-refractivity contribution is 5.89. The number of halogens is 2. The lowest BCUT2D eigenvalue weighted by Gasteiger charge is -2.23. The van der Waals surface area contributed by atoms with Crippen molar-refractivity contribution < 1.29 is 28.2 Å². The highest BCUT2D eigenvalue weighted by Crippen LogP contribution is 2.28. The predicted molar refractivity (Wildman–Crippen MR) is 101 cm³/mol. The van der Waals surface area contributed by atoms with Gasteiger partial charge in [0.25, 0.3) is 0 Å². The number of nitrogens with one attached hydrogen (secondary N) is 1. The van der Waals surface area contributed by atoms with Crippen molar-refractivity contribution in [3.05, 3.63) is 41.6 Å². The summed E-state index contributed by atoms with van der Waals surface area (Å²) >= 11 is 0. The average molecular weight is 408 g/mol. The van der Waals surface area contributed by atoms with Crippen molar-refractivity contribution in [2.45, 2.75) is 39.0 Å². The van der Waals surface area contributed by atoms with Gasteiger partial charge in [-0.05, 0) is 32.9 Å². The number of carbonyl (C=O) groups is 1. The summed E-state index contributed by atoms with van der Waals surface area (Å²) in [5.41, 5.74) is 0.0717. The van der Waals surface area contributed by atoms with Gasteiger partial charge in [-0.15, -0.1) is 0 Å². The standard InChI is InChI=1S/C19H22F2N4O4/c1-4-28-16-8-13(20)12(7-14(16)21)10(2)23-18-22-6-5-17(24-18)25-15(11(3)26)9-29-19(25)27/h5-8,10-11,15,26H,4,9H2,1-3H3,(H,22,23,24)/t10-,11+,15+/m0/s1. The number of anilines is 2. The first kappa shape index (κ1) is 20.7. The van der Waals surface area contributed by atoms with Gasteiger partial charge >= 0.3 is 6.09 Å². The summed E-state index contributed by atoms with van der Waals surface area (Å²) in [7, 11) is 0. The first-order chi connectivity index (χ1) is 13.8. The summed E-state index contributed by atoms with van der Waals surface area (Å²) in [6.45, 7) is 5.10. The van der Waals surface area contributed by atoms with E-state index in [-0.39, 0.29) is 36.3 Å². The van der Waals surface area contributed by atoms with Crippen molar-refractivity contribution >= 4 is 17.9 Å². The molecule has 1 aliphatic heterocycles. The molecule has 156 valence electrons. The maximum atomic E-state index is 14.4. The molecule has 1 saturated heterocycles. The van der Waals surface area contributed by atoms with E-state index in [1.54, 1.807) is 20.8 Å². The molecule has 2 N–H and O–H groups in total. The molecular formula is C19H22F2N4O4. The van der Waals surface area contributed by atoms with E-state index >= 15 is 0 Å². The second-order valence-corrected chi connectivity index (χ2v) is 6.60. The minimum absolute atomic E-state index is 0.0380. The molecule has 29 heavy (non-hydrogen) atoms. The van der Waals surface area contributed by atoms with Crippen LogP contribution in [0.1, 0.15) is 32.4 Å². The van der Waals surface area contributed by atoms with Crippen LogP contribution in [0.15, 0.2) is 24.4 Å². The molecule has 2 aromatic rings. The van der Waals surface area contributed by atoms with Crippen molar-refractivity contribution in [2.75, 3.05) is 23.4 Å². The van der Waals surface area contributed by atoms with Crippen LogP contribution in [0.25, 0.3) is 0 Å². The normalized spacial score (nSPS) is 18.3. The molecule has 10 heteroatoms. The van der Waals surface area contributed by atoms with E-state index in [0.29, 0.717) is 0 Å². The molecule has 0 unspecified atom stereocenters. The maximum absolute atomic E-state index is 14.4. The lowest BCUT2D eigenvalue weighted by Crippen LogP contribution is -2.41. The molecule has 1 amide bonds. The summed E-state index contributed by atoms with van der Waals surface area (Å²) in [6, 6.07) is 2.30. The van der Waals surface area contributed by atoms with Gasteiger partial charge in [-0.3, -0.25) is 4.90 Å². The van der Waals surface area contributed by atoms with Gasteiger partial charge in [-0.25, -0.2) is 18.6 Å². The average Bonchev–Trinajstić information content (AvgIpc) is 3.06. The van der Waals surface area contributed by atoms with Gasteiger partial charge in [0.05, 0.1) is 18.8 Å². The summed E-state index contributed by atoms with van der Waals surface area (Å²) in [5.74, 6) is -1.14. The third-order valence-corrected chi connectivity index (χ3v) is 4.51. The van der Waals surface area contributed by atoms with Crippen LogP contribution in [0.3, 0.4) is 0 Å². The molecule has 1 fully saturated rings. The fourth-order valence-electron chi connectivity index (χ4n) is 3.02. The smallest absolute Gasteiger partial charge is 0.416 e. The third kappa shape index (κ3) is 4.37. The van der Waals surface area contributed by atoms with Gasteiger partial charge in [0, 0.05) is 17.8 Å². The second kappa shape index (κ2) is 8.56. The van der Waals surface area contributed by atoms with Crippen LogP contribution in [-0.2, 0) is 4.74 Å². The van der Waals surface area contributed by atoms with Gasteiger partial charge in [-0.1, -0.05) is 0 Å². The number of amides is 1. The van der Waals surface area contributed by atoms with E-state index in [1.807, 2.05) is 0 Å². The topological polar surface area (TPSA) is 96.8 Å². The van der Waals surface area contributed by atoms with Crippen LogP contribution in [0.5, 0.6) is 5.75 Å². The molecule has 3 rings (SSSR count). The molecule has 0 aliphatic carbocycles. The molecule has 0 bridgehead atoms. The zero-order valence-corrected chi connectivity index (χ0v) is 16.2.